The van der Waals surface area contributed by atoms with Crippen molar-refractivity contribution in [1.82, 2.24) is 0 Å². The summed E-state index contributed by atoms with van der Waals surface area (Å²) in [6, 6.07) is 0. The van der Waals surface area contributed by atoms with Crippen LogP contribution < -0.4 is 0 Å². The summed E-state index contributed by atoms with van der Waals surface area (Å²) in [5.41, 5.74) is 1.21. The molecular weight excluding hydrogens is 1010 g/mol. The first-order valence-corrected chi connectivity index (χ1v) is 39.4. The molecule has 0 saturated heterocycles. The molecule has 5 fully saturated rings. The first-order chi connectivity index (χ1) is 39.4. The maximum Gasteiger partial charge on any atom is -0.0354 e. The number of unbranched alkanes of at least 4 members (excludes halogenated alkanes) is 6. The minimum atomic E-state index is 0.550. The van der Waals surface area contributed by atoms with Crippen molar-refractivity contribution in [3.63, 3.8) is 0 Å². The van der Waals surface area contributed by atoms with Crippen molar-refractivity contribution in [2.45, 2.75) is 452 Å². The van der Waals surface area contributed by atoms with E-state index in [-0.39, 0.29) is 0 Å². The van der Waals surface area contributed by atoms with Gasteiger partial charge in [0.2, 0.25) is 0 Å². The fraction of sp³-hybridized carbons (Fsp3) is 1.00. The van der Waals surface area contributed by atoms with Gasteiger partial charge in [-0.1, -0.05) is 432 Å². The fourth-order valence-electron chi connectivity index (χ4n) is 12.0. The molecule has 0 amide bonds. The van der Waals surface area contributed by atoms with Crippen molar-refractivity contribution < 1.29 is 0 Å². The van der Waals surface area contributed by atoms with Crippen LogP contribution in [0.3, 0.4) is 0 Å². The monoisotopic (exact) mass is 1190 g/mol. The Hall–Kier alpha value is 0. The minimum Gasteiger partial charge on any atom is -0.0654 e. The van der Waals surface area contributed by atoms with Gasteiger partial charge in [-0.3, -0.25) is 0 Å². The lowest BCUT2D eigenvalue weighted by molar-refractivity contribution is 0.197. The van der Waals surface area contributed by atoms with Gasteiger partial charge in [0, 0.05) is 0 Å². The molecule has 0 heterocycles. The largest absolute Gasteiger partial charge is 0.0654 e. The van der Waals surface area contributed by atoms with Crippen LogP contribution in [0.2, 0.25) is 0 Å². The van der Waals surface area contributed by atoms with E-state index in [4.69, 9.17) is 0 Å². The van der Waals surface area contributed by atoms with Crippen LogP contribution in [-0.2, 0) is 0 Å². The average Bonchev–Trinajstić information content (AvgIpc) is 4.01. The summed E-state index contributed by atoms with van der Waals surface area (Å²) in [7, 11) is 0. The van der Waals surface area contributed by atoms with E-state index in [1.807, 2.05) is 0 Å². The van der Waals surface area contributed by atoms with Crippen LogP contribution in [0, 0.1) is 93.7 Å². The van der Waals surface area contributed by atoms with Gasteiger partial charge >= 0.3 is 0 Å². The van der Waals surface area contributed by atoms with Gasteiger partial charge in [-0.05, 0) is 113 Å². The highest BCUT2D eigenvalue weighted by Gasteiger charge is 2.25. The summed E-state index contributed by atoms with van der Waals surface area (Å²) in [5, 5.41) is 0. The second kappa shape index (κ2) is 65.9. The van der Waals surface area contributed by atoms with Crippen LogP contribution in [0.25, 0.3) is 0 Å². The molecule has 5 rings (SSSR count). The number of hydrogen-bond acceptors (Lipinski definition) is 0. The molecule has 5 aliphatic rings. The fourth-order valence-corrected chi connectivity index (χ4v) is 12.0. The molecule has 0 radical (unpaired) electrons. The maximum absolute atomic E-state index is 2.40. The molecule has 0 bridgehead atoms. The third kappa shape index (κ3) is 71.1. The second-order valence-electron chi connectivity index (χ2n) is 32.5. The summed E-state index contributed by atoms with van der Waals surface area (Å²) in [4.78, 5) is 0. The van der Waals surface area contributed by atoms with Crippen LogP contribution >= 0.6 is 0 Å². The Bertz CT molecular complexity index is 1120. The lowest BCUT2D eigenvalue weighted by Gasteiger charge is -2.32. The normalized spacial score (nSPS) is 21.7. The Labute approximate surface area is 542 Å². The molecule has 0 aliphatic heterocycles. The zero-order valence-electron chi connectivity index (χ0n) is 66.0. The topological polar surface area (TPSA) is 0 Å². The molecule has 5 saturated carbocycles. The Morgan fingerprint density at radius 2 is 0.702 bits per heavy atom. The van der Waals surface area contributed by atoms with Crippen LogP contribution in [0.1, 0.15) is 452 Å². The molecule has 516 valence electrons. The minimum absolute atomic E-state index is 0.550. The molecule has 0 aromatic carbocycles. The molecule has 0 nitrogen and oxygen atoms in total. The zero-order valence-corrected chi connectivity index (χ0v) is 66.0. The van der Waals surface area contributed by atoms with Gasteiger partial charge in [-0.25, -0.2) is 0 Å². The van der Waals surface area contributed by atoms with E-state index in [1.165, 1.54) is 244 Å². The van der Waals surface area contributed by atoms with Crippen LogP contribution in [0.15, 0.2) is 0 Å². The van der Waals surface area contributed by atoms with E-state index in [0.29, 0.717) is 10.8 Å². The Morgan fingerprint density at radius 3 is 0.905 bits per heavy atom. The van der Waals surface area contributed by atoms with Gasteiger partial charge in [-0.15, -0.1) is 0 Å². The quantitative estimate of drug-likeness (QED) is 0.107. The van der Waals surface area contributed by atoms with E-state index < -0.39 is 0 Å². The van der Waals surface area contributed by atoms with Crippen molar-refractivity contribution in [2.24, 2.45) is 93.7 Å². The van der Waals surface area contributed by atoms with Gasteiger partial charge in [0.05, 0.1) is 0 Å². The molecule has 0 aromatic heterocycles. The van der Waals surface area contributed by atoms with E-state index in [1.54, 1.807) is 0 Å². The summed E-state index contributed by atoms with van der Waals surface area (Å²) < 4.78 is 0. The van der Waals surface area contributed by atoms with Gasteiger partial charge in [0.15, 0.2) is 0 Å². The molecule has 0 heteroatoms. The Balaban J connectivity index is -0.000000200. The van der Waals surface area contributed by atoms with Gasteiger partial charge in [0.1, 0.15) is 0 Å². The summed E-state index contributed by atoms with van der Waals surface area (Å²) in [5.74, 6) is 13.8. The highest BCUT2D eigenvalue weighted by Crippen LogP contribution is 2.38. The summed E-state index contributed by atoms with van der Waals surface area (Å²) in [6.07, 6.45) is 54.0. The predicted molar refractivity (Wildman–Crippen MR) is 399 cm³/mol. The molecule has 0 aromatic rings. The lowest BCUT2D eigenvalue weighted by Crippen LogP contribution is -2.21. The van der Waals surface area contributed by atoms with Crippen LogP contribution in [0.5, 0.6) is 0 Å². The Morgan fingerprint density at radius 1 is 0.357 bits per heavy atom. The first kappa shape index (κ1) is 95.1. The van der Waals surface area contributed by atoms with Crippen LogP contribution in [-0.4, -0.2) is 0 Å². The number of rotatable bonds is 20. The van der Waals surface area contributed by atoms with Crippen molar-refractivity contribution in [3.05, 3.63) is 0 Å². The zero-order chi connectivity index (χ0) is 66.0. The van der Waals surface area contributed by atoms with Crippen molar-refractivity contribution >= 4 is 0 Å². The van der Waals surface area contributed by atoms with Crippen molar-refractivity contribution in [2.75, 3.05) is 0 Å². The lowest BCUT2D eigenvalue weighted by atomic mass is 9.74. The molecule has 0 spiro atoms. The van der Waals surface area contributed by atoms with Gasteiger partial charge < -0.3 is 0 Å². The molecule has 6 atom stereocenters. The smallest absolute Gasteiger partial charge is 0.0354 e. The molecule has 4 unspecified atom stereocenters. The van der Waals surface area contributed by atoms with E-state index in [0.717, 1.165) is 82.9 Å². The highest BCUT2D eigenvalue weighted by atomic mass is 14.3. The van der Waals surface area contributed by atoms with Gasteiger partial charge in [-0.2, -0.15) is 0 Å². The third-order valence-electron chi connectivity index (χ3n) is 21.0. The molecule has 5 aliphatic carbocycles. The van der Waals surface area contributed by atoms with Crippen LogP contribution in [0.4, 0.5) is 0 Å². The molecule has 0 N–H and O–H groups in total. The first-order valence-electron chi connectivity index (χ1n) is 39.4. The molecular formula is C84H180. The third-order valence-corrected chi connectivity index (χ3v) is 21.0. The highest BCUT2D eigenvalue weighted by molar-refractivity contribution is 4.77. The second-order valence-corrected chi connectivity index (χ2v) is 32.5. The standard InChI is InChI=1S/2C9H18.2C8H16.C8H18.C7H14.5C7H16/c1-8-4-6-9(2,3)7-5-8;1-7-5-4-6-8(2)9(7)3;1-7-5-3-4-6-8(7)2;1-7(2)8-5-3-4-6-8;1-4-6-7-8(3)5-2;1-6(2)7-4-3-5-7;1-5-6-7(2,3)4;1-4-5-6-7(2)3;1-4-6-7(3)5-2;1-4-7(5-2)6-3;1-3-5-7-6-4-2/h8H,4-7H2,1-3H3;7-9H,4-6H2,1-3H3;2*7-8H,3-6H2,1-2H3;8H,4-7H2,1-3H3;6-7H,3-5H2,1-2H3;5-6H2,1-4H3;3*7H,4-6H2,1-3H3;3-7H2,1-2H3/t;;7-,8?;;;;;;7-;;/m..1.....1../s1. The van der Waals surface area contributed by atoms with Crippen molar-refractivity contribution in [3.8, 4) is 0 Å². The van der Waals surface area contributed by atoms with E-state index >= 15 is 0 Å². The summed E-state index contributed by atoms with van der Waals surface area (Å²) >= 11 is 0. The summed E-state index contributed by atoms with van der Waals surface area (Å²) in [6.45, 7) is 69.2. The van der Waals surface area contributed by atoms with Gasteiger partial charge in [0.25, 0.3) is 0 Å². The number of hydrogen-bond donors (Lipinski definition) is 0. The predicted octanol–water partition coefficient (Wildman–Crippen LogP) is 31.9. The molecule has 84 heavy (non-hydrogen) atoms. The average molecular weight is 1190 g/mol. The SMILES string of the molecule is CC(C)C1CCC1.CC(C)C1CCCC1.CC1CCC(C)(C)CC1.CC1CCCC(C)C1C.CC1CCCC[C@H]1C.CCC(CC)CC.CCCC(C)(C)C.CCCCC(C)C.CCCCC(C)CC.CCCCCCC.CCC[C@H](C)CC. The van der Waals surface area contributed by atoms with E-state index in [9.17, 15) is 0 Å². The van der Waals surface area contributed by atoms with E-state index in [2.05, 4.69) is 208 Å². The Kier molecular flexibility index (Phi) is 74.7. The maximum atomic E-state index is 2.40. The van der Waals surface area contributed by atoms with Crippen molar-refractivity contribution in [1.29, 1.82) is 0 Å².